The van der Waals surface area contributed by atoms with Gasteiger partial charge in [0.2, 0.25) is 0 Å². The summed E-state index contributed by atoms with van der Waals surface area (Å²) in [6, 6.07) is 0. The van der Waals surface area contributed by atoms with Crippen molar-refractivity contribution in [2.24, 2.45) is 0 Å². The van der Waals surface area contributed by atoms with E-state index in [1.54, 1.807) is 0 Å². The molecule has 1 unspecified atom stereocenters. The van der Waals surface area contributed by atoms with Crippen LogP contribution in [0.25, 0.3) is 0 Å². The van der Waals surface area contributed by atoms with Crippen molar-refractivity contribution in [3.8, 4) is 12.3 Å². The van der Waals surface area contributed by atoms with Crippen LogP contribution in [-0.2, 0) is 15.3 Å². The van der Waals surface area contributed by atoms with Gasteiger partial charge >= 0.3 is 0 Å². The second-order valence-electron chi connectivity index (χ2n) is 1.47. The molecule has 0 aromatic rings. The van der Waals surface area contributed by atoms with Gasteiger partial charge in [-0.15, -0.1) is 6.42 Å². The van der Waals surface area contributed by atoms with E-state index in [4.69, 9.17) is 10.6 Å². The first kappa shape index (κ1) is 8.67. The van der Waals surface area contributed by atoms with E-state index < -0.39 is 11.1 Å². The number of terminal acetylenes is 1. The van der Waals surface area contributed by atoms with Crippen LogP contribution in [0, 0.1) is 12.3 Å². The summed E-state index contributed by atoms with van der Waals surface area (Å²) in [4.78, 5) is 0. The van der Waals surface area contributed by atoms with Gasteiger partial charge in [-0.2, -0.15) is 0 Å². The number of rotatable bonds is 4. The lowest BCUT2D eigenvalue weighted by molar-refractivity contribution is 0.349. The lowest BCUT2D eigenvalue weighted by Gasteiger charge is -1.95. The molecule has 1 atom stereocenters. The molecule has 0 fully saturated rings. The molecule has 0 aliphatic heterocycles. The van der Waals surface area contributed by atoms with Crippen molar-refractivity contribution in [2.75, 3.05) is 12.4 Å². The maximum absolute atomic E-state index is 10.5. The normalized spacial score (nSPS) is 12.4. The summed E-state index contributed by atoms with van der Waals surface area (Å²) >= 11 is -1.26. The highest BCUT2D eigenvalue weighted by Crippen LogP contribution is 1.86. The Morgan fingerprint density at radius 1 is 1.78 bits per heavy atom. The van der Waals surface area contributed by atoms with Crippen molar-refractivity contribution in [3.05, 3.63) is 0 Å². The molecule has 0 amide bonds. The van der Waals surface area contributed by atoms with Gasteiger partial charge in [-0.25, -0.2) is 4.21 Å². The smallest absolute Gasteiger partial charge is 0.167 e. The van der Waals surface area contributed by atoms with Crippen molar-refractivity contribution < 1.29 is 8.39 Å². The minimum absolute atomic E-state index is 0.194. The molecule has 0 heterocycles. The SMILES string of the molecule is C#CCS(=O)OCCC. The predicted molar refractivity (Wildman–Crippen MR) is 38.1 cm³/mol. The Hall–Kier alpha value is -0.330. The molecule has 0 bridgehead atoms. The van der Waals surface area contributed by atoms with Gasteiger partial charge < -0.3 is 0 Å². The molecule has 0 aliphatic carbocycles. The third kappa shape index (κ3) is 5.54. The first-order chi connectivity index (χ1) is 4.31. The molecule has 0 N–H and O–H groups in total. The van der Waals surface area contributed by atoms with Gasteiger partial charge in [0, 0.05) is 0 Å². The topological polar surface area (TPSA) is 26.3 Å². The third-order valence-electron chi connectivity index (χ3n) is 0.620. The maximum atomic E-state index is 10.5. The highest BCUT2D eigenvalue weighted by Gasteiger charge is 1.93. The van der Waals surface area contributed by atoms with Crippen LogP contribution in [0.4, 0.5) is 0 Å². The Morgan fingerprint density at radius 3 is 2.89 bits per heavy atom. The van der Waals surface area contributed by atoms with Crippen molar-refractivity contribution in [2.45, 2.75) is 13.3 Å². The summed E-state index contributed by atoms with van der Waals surface area (Å²) in [5, 5.41) is 0. The number of hydrogen-bond acceptors (Lipinski definition) is 2. The average molecular weight is 146 g/mol. The van der Waals surface area contributed by atoms with E-state index in [9.17, 15) is 4.21 Å². The molecule has 0 saturated heterocycles. The molecule has 52 valence electrons. The highest BCUT2D eigenvalue weighted by molar-refractivity contribution is 7.80. The summed E-state index contributed by atoms with van der Waals surface area (Å²) in [7, 11) is 0. The summed E-state index contributed by atoms with van der Waals surface area (Å²) in [5.41, 5.74) is 0. The molecular formula is C6H10O2S. The van der Waals surface area contributed by atoms with E-state index in [2.05, 4.69) is 5.92 Å². The van der Waals surface area contributed by atoms with Gasteiger partial charge in [0.15, 0.2) is 11.1 Å². The van der Waals surface area contributed by atoms with Crippen LogP contribution in [-0.4, -0.2) is 16.6 Å². The Kier molecular flexibility index (Phi) is 5.59. The van der Waals surface area contributed by atoms with Gasteiger partial charge in [-0.05, 0) is 6.42 Å². The van der Waals surface area contributed by atoms with Crippen LogP contribution in [0.3, 0.4) is 0 Å². The Balaban J connectivity index is 3.19. The standard InChI is InChI=1S/C6H10O2S/c1-3-5-8-9(7)6-4-2/h2H,3,5-6H2,1H3. The van der Waals surface area contributed by atoms with Gasteiger partial charge in [0.1, 0.15) is 5.75 Å². The molecule has 0 radical (unpaired) electrons. The van der Waals surface area contributed by atoms with Crippen LogP contribution in [0.1, 0.15) is 13.3 Å². The monoisotopic (exact) mass is 146 g/mol. The molecule has 2 nitrogen and oxygen atoms in total. The Labute approximate surface area is 58.3 Å². The molecule has 0 aromatic carbocycles. The largest absolute Gasteiger partial charge is 0.290 e. The molecule has 0 spiro atoms. The second-order valence-corrected chi connectivity index (χ2v) is 2.61. The zero-order chi connectivity index (χ0) is 7.11. The summed E-state index contributed by atoms with van der Waals surface area (Å²) in [6.45, 7) is 2.47. The zero-order valence-corrected chi connectivity index (χ0v) is 6.24. The van der Waals surface area contributed by atoms with Crippen LogP contribution < -0.4 is 0 Å². The minimum atomic E-state index is -1.26. The van der Waals surface area contributed by atoms with Crippen molar-refractivity contribution >= 4 is 11.1 Å². The van der Waals surface area contributed by atoms with E-state index in [-0.39, 0.29) is 5.75 Å². The lowest BCUT2D eigenvalue weighted by atomic mass is 10.5. The van der Waals surface area contributed by atoms with Crippen LogP contribution >= 0.6 is 0 Å². The zero-order valence-electron chi connectivity index (χ0n) is 5.42. The molecule has 3 heteroatoms. The fourth-order valence-corrected chi connectivity index (χ4v) is 0.858. The number of hydrogen-bond donors (Lipinski definition) is 0. The van der Waals surface area contributed by atoms with Gasteiger partial charge in [0.25, 0.3) is 0 Å². The first-order valence-corrected chi connectivity index (χ1v) is 4.00. The average Bonchev–Trinajstić information content (AvgIpc) is 1.85. The van der Waals surface area contributed by atoms with E-state index in [1.807, 2.05) is 6.92 Å². The van der Waals surface area contributed by atoms with E-state index >= 15 is 0 Å². The summed E-state index contributed by atoms with van der Waals surface area (Å²) in [6.07, 6.45) is 5.75. The van der Waals surface area contributed by atoms with Crippen molar-refractivity contribution in [1.82, 2.24) is 0 Å². The Morgan fingerprint density at radius 2 is 2.44 bits per heavy atom. The third-order valence-corrected chi connectivity index (χ3v) is 1.45. The maximum Gasteiger partial charge on any atom is 0.167 e. The predicted octanol–water partition coefficient (Wildman–Crippen LogP) is 0.710. The first-order valence-electron chi connectivity index (χ1n) is 2.76. The molecule has 0 saturated carbocycles. The molecule has 9 heavy (non-hydrogen) atoms. The minimum Gasteiger partial charge on any atom is -0.290 e. The molecule has 0 aromatic heterocycles. The van der Waals surface area contributed by atoms with E-state index in [1.165, 1.54) is 0 Å². The van der Waals surface area contributed by atoms with Gasteiger partial charge in [-0.3, -0.25) is 4.18 Å². The quantitative estimate of drug-likeness (QED) is 0.546. The van der Waals surface area contributed by atoms with Crippen molar-refractivity contribution in [1.29, 1.82) is 0 Å². The lowest BCUT2D eigenvalue weighted by Crippen LogP contribution is -2.00. The summed E-state index contributed by atoms with van der Waals surface area (Å²) in [5.74, 6) is 2.45. The molecule has 0 rings (SSSR count). The Bertz CT molecular complexity index is 126. The van der Waals surface area contributed by atoms with Gasteiger partial charge in [0.05, 0.1) is 6.61 Å². The van der Waals surface area contributed by atoms with Crippen LogP contribution in [0.15, 0.2) is 0 Å². The van der Waals surface area contributed by atoms with E-state index in [0.29, 0.717) is 6.61 Å². The fraction of sp³-hybridized carbons (Fsp3) is 0.667. The fourth-order valence-electron chi connectivity index (χ4n) is 0.286. The van der Waals surface area contributed by atoms with E-state index in [0.717, 1.165) is 6.42 Å². The second kappa shape index (κ2) is 5.80. The van der Waals surface area contributed by atoms with Crippen LogP contribution in [0.2, 0.25) is 0 Å². The van der Waals surface area contributed by atoms with Crippen molar-refractivity contribution in [3.63, 3.8) is 0 Å². The highest BCUT2D eigenvalue weighted by atomic mass is 32.2. The van der Waals surface area contributed by atoms with Crippen LogP contribution in [0.5, 0.6) is 0 Å². The molecular weight excluding hydrogens is 136 g/mol. The van der Waals surface area contributed by atoms with Gasteiger partial charge in [-0.1, -0.05) is 12.8 Å². The summed E-state index contributed by atoms with van der Waals surface area (Å²) < 4.78 is 15.3. The molecule has 0 aliphatic rings.